The molecule has 4 rings (SSSR count). The normalized spacial score (nSPS) is 45.4. The highest BCUT2D eigenvalue weighted by Crippen LogP contribution is 2.68. The number of aliphatic hydroxyl groups excluding tert-OH is 1. The lowest BCUT2D eigenvalue weighted by Crippen LogP contribution is -2.57. The Hall–Kier alpha value is -1.34. The molecule has 0 spiro atoms. The summed E-state index contributed by atoms with van der Waals surface area (Å²) >= 11 is 0. The minimum Gasteiger partial charge on any atom is -0.481 e. The average molecular weight is 451 g/mol. The fourth-order valence-electron chi connectivity index (χ4n) is 8.82. The Bertz CT molecular complexity index is 731. The van der Waals surface area contributed by atoms with Crippen LogP contribution in [0.5, 0.6) is 0 Å². The third-order valence-corrected chi connectivity index (χ3v) is 10.5. The van der Waals surface area contributed by atoms with Gasteiger partial charge >= 0.3 is 12.1 Å². The van der Waals surface area contributed by atoms with Crippen molar-refractivity contribution in [2.45, 2.75) is 83.7 Å². The number of carbonyl (C=O) groups excluding carboxylic acids is 1. The fourth-order valence-corrected chi connectivity index (χ4v) is 8.82. The van der Waals surface area contributed by atoms with Crippen molar-refractivity contribution < 1.29 is 24.5 Å². The molecule has 0 bridgehead atoms. The molecule has 0 saturated heterocycles. The number of hydrogen-bond donors (Lipinski definition) is 4. The number of nitrogens with one attached hydrogen (secondary N) is 1. The van der Waals surface area contributed by atoms with E-state index in [2.05, 4.69) is 19.2 Å². The molecular weight excluding hydrogens is 408 g/mol. The first-order valence-corrected chi connectivity index (χ1v) is 12.7. The van der Waals surface area contributed by atoms with E-state index in [1.165, 1.54) is 0 Å². The van der Waals surface area contributed by atoms with E-state index in [4.69, 9.17) is 15.6 Å². The van der Waals surface area contributed by atoms with Gasteiger partial charge in [0.25, 0.3) is 0 Å². The predicted molar refractivity (Wildman–Crippen MR) is 121 cm³/mol. The number of ether oxygens (including phenoxy) is 1. The van der Waals surface area contributed by atoms with Gasteiger partial charge in [0.1, 0.15) is 5.60 Å². The lowest BCUT2D eigenvalue weighted by molar-refractivity contribution is -0.161. The maximum Gasteiger partial charge on any atom is 0.405 e. The summed E-state index contributed by atoms with van der Waals surface area (Å²) in [6, 6.07) is 0. The molecule has 0 radical (unpaired) electrons. The molecule has 0 aliphatic heterocycles. The number of rotatable bonds is 7. The molecule has 4 aliphatic carbocycles. The van der Waals surface area contributed by atoms with Crippen molar-refractivity contribution in [3.63, 3.8) is 0 Å². The zero-order valence-electron chi connectivity index (χ0n) is 19.8. The van der Waals surface area contributed by atoms with Gasteiger partial charge in [-0.25, -0.2) is 4.79 Å². The molecule has 1 amide bonds. The van der Waals surface area contributed by atoms with Gasteiger partial charge in [-0.1, -0.05) is 13.8 Å². The molecular formula is C25H42N2O5. The van der Waals surface area contributed by atoms with Crippen LogP contribution in [0.3, 0.4) is 0 Å². The molecule has 0 aromatic rings. The third kappa shape index (κ3) is 3.93. The zero-order valence-corrected chi connectivity index (χ0v) is 19.8. The van der Waals surface area contributed by atoms with Crippen LogP contribution < -0.4 is 11.1 Å². The Morgan fingerprint density at radius 2 is 1.75 bits per heavy atom. The molecule has 0 heterocycles. The Morgan fingerprint density at radius 1 is 1.00 bits per heavy atom. The summed E-state index contributed by atoms with van der Waals surface area (Å²) in [5, 5.41) is 22.1. The van der Waals surface area contributed by atoms with Crippen LogP contribution in [-0.4, -0.2) is 47.6 Å². The van der Waals surface area contributed by atoms with Gasteiger partial charge in [0.15, 0.2) is 0 Å². The van der Waals surface area contributed by atoms with Crippen molar-refractivity contribution in [3.05, 3.63) is 0 Å². The molecule has 182 valence electrons. The fraction of sp³-hybridized carbons (Fsp3) is 0.920. The van der Waals surface area contributed by atoms with Crippen molar-refractivity contribution >= 4 is 12.1 Å². The van der Waals surface area contributed by atoms with Crippen molar-refractivity contribution in [2.24, 2.45) is 46.2 Å². The number of fused-ring (bicyclic) bond motifs is 5. The largest absolute Gasteiger partial charge is 0.481 e. The predicted octanol–water partition coefficient (Wildman–Crippen LogP) is 3.54. The number of aliphatic carboxylic acids is 1. The van der Waals surface area contributed by atoms with Gasteiger partial charge in [-0.05, 0) is 105 Å². The number of carbonyl (C=O) groups is 2. The summed E-state index contributed by atoms with van der Waals surface area (Å²) in [6.45, 7) is 6.03. The molecule has 0 aromatic carbocycles. The Morgan fingerprint density at radius 3 is 2.44 bits per heavy atom. The maximum atomic E-state index is 11.9. The van der Waals surface area contributed by atoms with Crippen LogP contribution in [0.1, 0.15) is 78.1 Å². The van der Waals surface area contributed by atoms with E-state index in [0.717, 1.165) is 64.2 Å². The van der Waals surface area contributed by atoms with Crippen LogP contribution in [0.15, 0.2) is 0 Å². The summed E-state index contributed by atoms with van der Waals surface area (Å²) in [5.74, 6) is 1.48. The van der Waals surface area contributed by atoms with Crippen LogP contribution >= 0.6 is 0 Å². The number of hydrogen-bond acceptors (Lipinski definition) is 5. The number of aliphatic hydroxyl groups is 1. The van der Waals surface area contributed by atoms with E-state index in [1.54, 1.807) is 0 Å². The molecule has 8 atom stereocenters. The van der Waals surface area contributed by atoms with Crippen molar-refractivity contribution in [2.75, 3.05) is 19.7 Å². The number of amides is 1. The first-order chi connectivity index (χ1) is 15.2. The van der Waals surface area contributed by atoms with E-state index in [1.807, 2.05) is 0 Å². The van der Waals surface area contributed by atoms with E-state index < -0.39 is 17.7 Å². The van der Waals surface area contributed by atoms with Gasteiger partial charge in [0.2, 0.25) is 0 Å². The monoisotopic (exact) mass is 450 g/mol. The SMILES string of the molecule is C[C@]12CCC(CCNCCO)(OC(N)=O)CC1CC[C@@H]1[C@@H]2CC[C@]2(C)C(C(=O)O)CC[C@@H]12. The standard InChI is InChI=1S/C25H42N2O5/c1-23-9-10-25(32-22(26)31,11-12-27-13-14-28)15-16(23)3-4-17-18-5-6-20(21(29)30)24(18,2)8-7-19(17)23/h16-20,27-28H,3-15H2,1-2H3,(H2,26,31)(H,29,30)/t16?,17-,18-,19-,20?,23-,24-,25?/m0/s1. The molecule has 7 nitrogen and oxygen atoms in total. The number of primary amides is 1. The summed E-state index contributed by atoms with van der Waals surface area (Å²) in [6.07, 6.45) is 9.05. The van der Waals surface area contributed by atoms with Crippen LogP contribution in [0.2, 0.25) is 0 Å². The van der Waals surface area contributed by atoms with Gasteiger partial charge in [-0.3, -0.25) is 4.79 Å². The molecule has 4 fully saturated rings. The molecule has 3 unspecified atom stereocenters. The molecule has 5 N–H and O–H groups in total. The third-order valence-electron chi connectivity index (χ3n) is 10.5. The molecule has 4 saturated carbocycles. The van der Waals surface area contributed by atoms with Crippen LogP contribution in [-0.2, 0) is 9.53 Å². The maximum absolute atomic E-state index is 11.9. The molecule has 32 heavy (non-hydrogen) atoms. The highest BCUT2D eigenvalue weighted by Gasteiger charge is 2.62. The first kappa shape index (κ1) is 23.8. The average Bonchev–Trinajstić information content (AvgIpc) is 3.09. The van der Waals surface area contributed by atoms with Crippen molar-refractivity contribution in [3.8, 4) is 0 Å². The quantitative estimate of drug-likeness (QED) is 0.440. The Balaban J connectivity index is 1.50. The van der Waals surface area contributed by atoms with Crippen LogP contribution in [0, 0.1) is 40.4 Å². The van der Waals surface area contributed by atoms with Gasteiger partial charge in [-0.15, -0.1) is 0 Å². The highest BCUT2D eigenvalue weighted by atomic mass is 16.6. The lowest BCUT2D eigenvalue weighted by Gasteiger charge is -2.62. The Labute approximate surface area is 191 Å². The smallest absolute Gasteiger partial charge is 0.405 e. The van der Waals surface area contributed by atoms with Gasteiger partial charge in [0, 0.05) is 6.54 Å². The lowest BCUT2D eigenvalue weighted by atomic mass is 9.43. The zero-order chi connectivity index (χ0) is 23.1. The highest BCUT2D eigenvalue weighted by molar-refractivity contribution is 5.71. The second-order valence-corrected chi connectivity index (χ2v) is 11.7. The summed E-state index contributed by atoms with van der Waals surface area (Å²) in [5.41, 5.74) is 5.13. The van der Waals surface area contributed by atoms with Gasteiger partial charge < -0.3 is 26.0 Å². The number of nitrogens with two attached hydrogens (primary N) is 1. The van der Waals surface area contributed by atoms with E-state index in [9.17, 15) is 14.7 Å². The van der Waals surface area contributed by atoms with E-state index in [0.29, 0.717) is 36.8 Å². The van der Waals surface area contributed by atoms with Gasteiger partial charge in [-0.2, -0.15) is 0 Å². The topological polar surface area (TPSA) is 122 Å². The summed E-state index contributed by atoms with van der Waals surface area (Å²) in [7, 11) is 0. The number of carboxylic acid groups (broad SMARTS) is 1. The second-order valence-electron chi connectivity index (χ2n) is 11.7. The number of carboxylic acids is 1. The van der Waals surface area contributed by atoms with Crippen LogP contribution in [0.4, 0.5) is 4.79 Å². The summed E-state index contributed by atoms with van der Waals surface area (Å²) in [4.78, 5) is 23.7. The minimum absolute atomic E-state index is 0.0535. The molecule has 0 aromatic heterocycles. The Kier molecular flexibility index (Phi) is 6.54. The molecule has 7 heteroatoms. The van der Waals surface area contributed by atoms with Crippen molar-refractivity contribution in [1.29, 1.82) is 0 Å². The van der Waals surface area contributed by atoms with Crippen LogP contribution in [0.25, 0.3) is 0 Å². The first-order valence-electron chi connectivity index (χ1n) is 12.7. The summed E-state index contributed by atoms with van der Waals surface area (Å²) < 4.78 is 5.79. The molecule has 4 aliphatic rings. The van der Waals surface area contributed by atoms with E-state index >= 15 is 0 Å². The second kappa shape index (κ2) is 8.79. The minimum atomic E-state index is -0.691. The van der Waals surface area contributed by atoms with E-state index in [-0.39, 0.29) is 23.4 Å². The van der Waals surface area contributed by atoms with Gasteiger partial charge in [0.05, 0.1) is 12.5 Å². The van der Waals surface area contributed by atoms with Crippen molar-refractivity contribution in [1.82, 2.24) is 5.32 Å².